The Labute approximate surface area is 66.5 Å². The van der Waals surface area contributed by atoms with Gasteiger partial charge in [-0.25, -0.2) is 0 Å². The molecule has 0 bridgehead atoms. The molecule has 62 valence electrons. The summed E-state index contributed by atoms with van der Waals surface area (Å²) in [5.41, 5.74) is 1.10. The summed E-state index contributed by atoms with van der Waals surface area (Å²) in [6.07, 6.45) is 0. The highest BCUT2D eigenvalue weighted by atomic mass is 31.1. The Kier molecular flexibility index (Phi) is 4.04. The second-order valence-electron chi connectivity index (χ2n) is 2.17. The van der Waals surface area contributed by atoms with Crippen molar-refractivity contribution in [3.05, 3.63) is 29.8 Å². The van der Waals surface area contributed by atoms with Gasteiger partial charge in [0, 0.05) is 5.30 Å². The molecule has 0 saturated heterocycles. The first-order chi connectivity index (χ1) is 4.70. The van der Waals surface area contributed by atoms with Crippen molar-refractivity contribution in [3.63, 3.8) is 0 Å². The molecule has 11 heavy (non-hydrogen) atoms. The van der Waals surface area contributed by atoms with E-state index in [0.29, 0.717) is 5.30 Å². The first-order valence-electron chi connectivity index (χ1n) is 3.00. The van der Waals surface area contributed by atoms with Crippen LogP contribution in [0.5, 0.6) is 0 Å². The van der Waals surface area contributed by atoms with E-state index in [2.05, 4.69) is 0 Å². The van der Waals surface area contributed by atoms with Crippen LogP contribution < -0.4 is 11.5 Å². The van der Waals surface area contributed by atoms with Crippen molar-refractivity contribution < 1.29 is 9.46 Å². The molecular weight excluding hydrogens is 161 g/mol. The molecule has 0 aliphatic heterocycles. The normalized spacial score (nSPS) is 11.8. The lowest BCUT2D eigenvalue weighted by Crippen LogP contribution is -1.93. The van der Waals surface area contributed by atoms with Gasteiger partial charge in [0.2, 0.25) is 8.03 Å². The minimum atomic E-state index is -2.48. The summed E-state index contributed by atoms with van der Waals surface area (Å²) >= 11 is 0. The highest BCUT2D eigenvalue weighted by Gasteiger charge is 1.95. The van der Waals surface area contributed by atoms with E-state index in [-0.39, 0.29) is 6.15 Å². The van der Waals surface area contributed by atoms with Gasteiger partial charge in [0.15, 0.2) is 0 Å². The van der Waals surface area contributed by atoms with Crippen molar-refractivity contribution in [3.8, 4) is 0 Å². The average Bonchev–Trinajstić information content (AvgIpc) is 1.88. The van der Waals surface area contributed by atoms with Gasteiger partial charge in [-0.1, -0.05) is 17.7 Å². The van der Waals surface area contributed by atoms with Gasteiger partial charge in [-0.15, -0.1) is 0 Å². The third kappa shape index (κ3) is 2.85. The van der Waals surface area contributed by atoms with Gasteiger partial charge in [-0.05, 0) is 19.1 Å². The maximum absolute atomic E-state index is 10.5. The van der Waals surface area contributed by atoms with Crippen molar-refractivity contribution in [1.82, 2.24) is 6.15 Å². The molecule has 1 unspecified atom stereocenters. The number of rotatable bonds is 1. The minimum Gasteiger partial charge on any atom is -0.344 e. The maximum atomic E-state index is 10.5. The predicted octanol–water partition coefficient (Wildman–Crippen LogP) is 1.25. The Morgan fingerprint density at radius 2 is 1.73 bits per heavy atom. The first-order valence-corrected chi connectivity index (χ1v) is 4.35. The fourth-order valence-corrected chi connectivity index (χ4v) is 1.15. The molecule has 3 nitrogen and oxygen atoms in total. The molecule has 0 spiro atoms. The number of aryl methyl sites for hydroxylation is 1. The standard InChI is InChI=1S/C7H9O2P.H3N/c1-6-2-4-7(5-3-6)10(8)9;/h2-5,10H,1H3,(H,8,9);1H3. The minimum absolute atomic E-state index is 0. The van der Waals surface area contributed by atoms with E-state index < -0.39 is 8.03 Å². The molecule has 1 aromatic rings. The molecule has 1 rings (SSSR count). The highest BCUT2D eigenvalue weighted by Crippen LogP contribution is 2.12. The van der Waals surface area contributed by atoms with Gasteiger partial charge in [0.25, 0.3) is 0 Å². The average molecular weight is 173 g/mol. The third-order valence-corrected chi connectivity index (χ3v) is 2.13. The van der Waals surface area contributed by atoms with Crippen molar-refractivity contribution in [2.24, 2.45) is 0 Å². The van der Waals surface area contributed by atoms with E-state index in [1.165, 1.54) is 0 Å². The maximum Gasteiger partial charge on any atom is 0.218 e. The molecule has 4 heteroatoms. The summed E-state index contributed by atoms with van der Waals surface area (Å²) in [7, 11) is -2.48. The van der Waals surface area contributed by atoms with E-state index in [9.17, 15) is 4.57 Å². The van der Waals surface area contributed by atoms with Gasteiger partial charge >= 0.3 is 0 Å². The molecule has 0 saturated carbocycles. The van der Waals surface area contributed by atoms with Crippen molar-refractivity contribution in [1.29, 1.82) is 0 Å². The van der Waals surface area contributed by atoms with Crippen molar-refractivity contribution in [2.45, 2.75) is 6.92 Å². The lowest BCUT2D eigenvalue weighted by molar-refractivity contribution is 0.513. The summed E-state index contributed by atoms with van der Waals surface area (Å²) in [5, 5.41) is 0.524. The van der Waals surface area contributed by atoms with Crippen LogP contribution in [0, 0.1) is 6.92 Å². The van der Waals surface area contributed by atoms with Gasteiger partial charge < -0.3 is 11.0 Å². The molecule has 0 radical (unpaired) electrons. The number of hydrogen-bond donors (Lipinski definition) is 2. The van der Waals surface area contributed by atoms with E-state index in [1.807, 2.05) is 19.1 Å². The van der Waals surface area contributed by atoms with Crippen LogP contribution in [0.2, 0.25) is 0 Å². The van der Waals surface area contributed by atoms with Crippen LogP contribution in [-0.4, -0.2) is 4.89 Å². The SMILES string of the molecule is Cc1ccc([PH](=O)O)cc1.N. The lowest BCUT2D eigenvalue weighted by Gasteiger charge is -1.94. The summed E-state index contributed by atoms with van der Waals surface area (Å²) in [6, 6.07) is 7.01. The van der Waals surface area contributed by atoms with E-state index in [0.717, 1.165) is 5.56 Å². The molecule has 4 N–H and O–H groups in total. The van der Waals surface area contributed by atoms with E-state index in [4.69, 9.17) is 4.89 Å². The molecule has 1 atom stereocenters. The van der Waals surface area contributed by atoms with Crippen LogP contribution >= 0.6 is 8.03 Å². The van der Waals surface area contributed by atoms with Crippen LogP contribution in [0.15, 0.2) is 24.3 Å². The Hall–Kier alpha value is -0.630. The highest BCUT2D eigenvalue weighted by molar-refractivity contribution is 7.47. The molecule has 0 aliphatic rings. The Morgan fingerprint density at radius 3 is 2.09 bits per heavy atom. The second kappa shape index (κ2) is 4.29. The number of hydrogen-bond acceptors (Lipinski definition) is 2. The molecule has 0 aromatic heterocycles. The smallest absolute Gasteiger partial charge is 0.218 e. The van der Waals surface area contributed by atoms with Crippen LogP contribution in [-0.2, 0) is 4.57 Å². The molecule has 0 heterocycles. The number of benzene rings is 1. The first kappa shape index (κ1) is 10.4. The van der Waals surface area contributed by atoms with Gasteiger partial charge in [0.1, 0.15) is 0 Å². The van der Waals surface area contributed by atoms with Crippen LogP contribution in [0.1, 0.15) is 5.56 Å². The van der Waals surface area contributed by atoms with Crippen molar-refractivity contribution >= 4 is 13.3 Å². The van der Waals surface area contributed by atoms with E-state index in [1.54, 1.807) is 12.1 Å². The third-order valence-electron chi connectivity index (χ3n) is 1.30. The molecule has 0 amide bonds. The quantitative estimate of drug-likeness (QED) is 0.627. The zero-order valence-electron chi connectivity index (χ0n) is 6.37. The Bertz CT molecular complexity index is 245. The summed E-state index contributed by atoms with van der Waals surface area (Å²) in [4.78, 5) is 8.66. The fourth-order valence-electron chi connectivity index (χ4n) is 0.696. The summed E-state index contributed by atoms with van der Waals surface area (Å²) in [6.45, 7) is 1.94. The summed E-state index contributed by atoms with van der Waals surface area (Å²) < 4.78 is 10.5. The zero-order chi connectivity index (χ0) is 7.56. The van der Waals surface area contributed by atoms with Crippen LogP contribution in [0.25, 0.3) is 0 Å². The molecule has 0 fully saturated rings. The molecular formula is C7H12NO2P. The van der Waals surface area contributed by atoms with Gasteiger partial charge in [0.05, 0.1) is 0 Å². The largest absolute Gasteiger partial charge is 0.344 e. The lowest BCUT2D eigenvalue weighted by atomic mass is 10.2. The van der Waals surface area contributed by atoms with Crippen LogP contribution in [0.4, 0.5) is 0 Å². The molecule has 1 aromatic carbocycles. The van der Waals surface area contributed by atoms with E-state index >= 15 is 0 Å². The Morgan fingerprint density at radius 1 is 1.27 bits per heavy atom. The second-order valence-corrected chi connectivity index (χ2v) is 3.36. The van der Waals surface area contributed by atoms with Crippen molar-refractivity contribution in [2.75, 3.05) is 0 Å². The monoisotopic (exact) mass is 173 g/mol. The molecule has 0 aliphatic carbocycles. The van der Waals surface area contributed by atoms with Gasteiger partial charge in [-0.3, -0.25) is 4.57 Å². The predicted molar refractivity (Wildman–Crippen MR) is 47.1 cm³/mol. The zero-order valence-corrected chi connectivity index (χ0v) is 7.37. The Balaban J connectivity index is 0.000001000. The van der Waals surface area contributed by atoms with Gasteiger partial charge in [-0.2, -0.15) is 0 Å². The summed E-state index contributed by atoms with van der Waals surface area (Å²) in [5.74, 6) is 0. The van der Waals surface area contributed by atoms with Crippen LogP contribution in [0.3, 0.4) is 0 Å². The topological polar surface area (TPSA) is 72.3 Å². The fraction of sp³-hybridized carbons (Fsp3) is 0.143.